The molecule has 1 saturated heterocycles. The predicted molar refractivity (Wildman–Crippen MR) is 118 cm³/mol. The van der Waals surface area contributed by atoms with Crippen molar-refractivity contribution in [2.24, 2.45) is 0 Å². The number of ether oxygens (including phenoxy) is 1. The zero-order valence-electron chi connectivity index (χ0n) is 17.4. The molecule has 0 aliphatic carbocycles. The van der Waals surface area contributed by atoms with Crippen molar-refractivity contribution >= 4 is 34.0 Å². The van der Waals surface area contributed by atoms with Crippen LogP contribution in [0.1, 0.15) is 36.9 Å². The first-order chi connectivity index (χ1) is 14.6. The molecule has 0 unspecified atom stereocenters. The normalized spacial score (nSPS) is 16.6. The lowest BCUT2D eigenvalue weighted by Gasteiger charge is -2.22. The molecule has 2 aliphatic heterocycles. The average Bonchev–Trinajstić information content (AvgIpc) is 3.02. The third-order valence-corrected chi connectivity index (χ3v) is 6.52. The quantitative estimate of drug-likeness (QED) is 0.715. The highest BCUT2D eigenvalue weighted by molar-refractivity contribution is 7.13. The molecule has 8 heteroatoms. The van der Waals surface area contributed by atoms with Crippen LogP contribution in [-0.4, -0.2) is 54.5 Å². The summed E-state index contributed by atoms with van der Waals surface area (Å²) in [6.07, 6.45) is 3.41. The second-order valence-corrected chi connectivity index (χ2v) is 8.65. The van der Waals surface area contributed by atoms with Gasteiger partial charge in [0.1, 0.15) is 5.75 Å². The number of nitrogens with one attached hydrogen (secondary N) is 1. The predicted octanol–water partition coefficient (Wildman–Crippen LogP) is 3.23. The number of thiazole rings is 1. The summed E-state index contributed by atoms with van der Waals surface area (Å²) in [7, 11) is 0. The van der Waals surface area contributed by atoms with Crippen LogP contribution in [0.5, 0.6) is 5.75 Å². The van der Waals surface area contributed by atoms with Gasteiger partial charge in [-0.05, 0) is 49.9 Å². The number of fused-ring (bicyclic) bond motifs is 1. The lowest BCUT2D eigenvalue weighted by Crippen LogP contribution is -2.35. The van der Waals surface area contributed by atoms with Crippen LogP contribution in [0.3, 0.4) is 0 Å². The first kappa shape index (κ1) is 20.7. The summed E-state index contributed by atoms with van der Waals surface area (Å²) >= 11 is 1.67. The van der Waals surface area contributed by atoms with Crippen molar-refractivity contribution in [3.63, 3.8) is 0 Å². The summed E-state index contributed by atoms with van der Waals surface area (Å²) in [5, 5.41) is 6.00. The minimum atomic E-state index is 0.0630. The molecule has 0 saturated carbocycles. The standard InChI is InChI=1S/C22H28N4O3S/c1-16-15-30-22(23-16)26-10-3-9-25(11-12-26)21(28)4-2-13-29-18-6-7-19-17(14-18)5-8-20(27)24-19/h6-7,14-15H,2-5,8-13H2,1H3,(H,24,27). The molecule has 2 aliphatic rings. The van der Waals surface area contributed by atoms with Gasteiger partial charge < -0.3 is 19.9 Å². The number of benzene rings is 1. The SMILES string of the molecule is Cc1csc(N2CCCN(C(=O)CCCOc3ccc4c(c3)CCC(=O)N4)CC2)n1. The van der Waals surface area contributed by atoms with Crippen LogP contribution >= 0.6 is 11.3 Å². The molecule has 0 atom stereocenters. The van der Waals surface area contributed by atoms with Gasteiger partial charge >= 0.3 is 0 Å². The molecular weight excluding hydrogens is 400 g/mol. The lowest BCUT2D eigenvalue weighted by atomic mass is 10.0. The van der Waals surface area contributed by atoms with E-state index < -0.39 is 0 Å². The Hall–Kier alpha value is -2.61. The van der Waals surface area contributed by atoms with Gasteiger partial charge in [0.25, 0.3) is 0 Å². The van der Waals surface area contributed by atoms with Gasteiger partial charge in [-0.1, -0.05) is 0 Å². The number of hydrogen-bond donors (Lipinski definition) is 1. The number of carbonyl (C=O) groups excluding carboxylic acids is 2. The first-order valence-corrected chi connectivity index (χ1v) is 11.5. The van der Waals surface area contributed by atoms with E-state index in [0.29, 0.717) is 25.9 Å². The van der Waals surface area contributed by atoms with E-state index >= 15 is 0 Å². The van der Waals surface area contributed by atoms with Crippen molar-refractivity contribution in [2.45, 2.75) is 39.0 Å². The van der Waals surface area contributed by atoms with E-state index in [4.69, 9.17) is 4.74 Å². The largest absolute Gasteiger partial charge is 0.494 e. The Morgan fingerprint density at radius 3 is 2.97 bits per heavy atom. The van der Waals surface area contributed by atoms with E-state index in [9.17, 15) is 9.59 Å². The average molecular weight is 429 g/mol. The summed E-state index contributed by atoms with van der Waals surface area (Å²) in [6, 6.07) is 5.75. The van der Waals surface area contributed by atoms with Gasteiger partial charge in [-0.15, -0.1) is 11.3 Å². The Labute approximate surface area is 181 Å². The summed E-state index contributed by atoms with van der Waals surface area (Å²) in [4.78, 5) is 32.9. The summed E-state index contributed by atoms with van der Waals surface area (Å²) in [5.41, 5.74) is 3.03. The van der Waals surface area contributed by atoms with Gasteiger partial charge in [-0.25, -0.2) is 4.98 Å². The summed E-state index contributed by atoms with van der Waals surface area (Å²) in [6.45, 7) is 5.85. The van der Waals surface area contributed by atoms with Crippen LogP contribution in [0.25, 0.3) is 0 Å². The molecule has 4 rings (SSSR count). The number of amides is 2. The Morgan fingerprint density at radius 2 is 2.13 bits per heavy atom. The molecule has 1 fully saturated rings. The molecule has 7 nitrogen and oxygen atoms in total. The lowest BCUT2D eigenvalue weighted by molar-refractivity contribution is -0.131. The molecular formula is C22H28N4O3S. The van der Waals surface area contributed by atoms with Crippen molar-refractivity contribution in [1.82, 2.24) is 9.88 Å². The minimum Gasteiger partial charge on any atom is -0.494 e. The number of nitrogens with zero attached hydrogens (tertiary/aromatic N) is 3. The van der Waals surface area contributed by atoms with Crippen LogP contribution in [0.15, 0.2) is 23.6 Å². The number of carbonyl (C=O) groups is 2. The van der Waals surface area contributed by atoms with Crippen molar-refractivity contribution in [1.29, 1.82) is 0 Å². The number of hydrogen-bond acceptors (Lipinski definition) is 6. The highest BCUT2D eigenvalue weighted by Gasteiger charge is 2.20. The summed E-state index contributed by atoms with van der Waals surface area (Å²) in [5.74, 6) is 1.05. The highest BCUT2D eigenvalue weighted by atomic mass is 32.1. The fraction of sp³-hybridized carbons (Fsp3) is 0.500. The zero-order chi connectivity index (χ0) is 20.9. The Morgan fingerprint density at radius 1 is 1.23 bits per heavy atom. The smallest absolute Gasteiger partial charge is 0.224 e. The zero-order valence-corrected chi connectivity index (χ0v) is 18.2. The molecule has 3 heterocycles. The number of rotatable bonds is 6. The number of anilines is 2. The number of aryl methyl sites for hydroxylation is 2. The maximum atomic E-state index is 12.6. The van der Waals surface area contributed by atoms with Crippen LogP contribution in [0, 0.1) is 6.92 Å². The highest BCUT2D eigenvalue weighted by Crippen LogP contribution is 2.27. The summed E-state index contributed by atoms with van der Waals surface area (Å²) < 4.78 is 5.84. The fourth-order valence-electron chi connectivity index (χ4n) is 3.87. The molecule has 0 radical (unpaired) electrons. The molecule has 1 aromatic carbocycles. The third kappa shape index (κ3) is 5.11. The monoisotopic (exact) mass is 428 g/mol. The maximum Gasteiger partial charge on any atom is 0.224 e. The van der Waals surface area contributed by atoms with Gasteiger partial charge in [-0.3, -0.25) is 9.59 Å². The van der Waals surface area contributed by atoms with Gasteiger partial charge in [0.05, 0.1) is 12.3 Å². The van der Waals surface area contributed by atoms with E-state index in [-0.39, 0.29) is 11.8 Å². The molecule has 1 aromatic heterocycles. The molecule has 1 N–H and O–H groups in total. The van der Waals surface area contributed by atoms with Gasteiger partial charge in [-0.2, -0.15) is 0 Å². The van der Waals surface area contributed by atoms with Crippen LogP contribution in [0.4, 0.5) is 10.8 Å². The maximum absolute atomic E-state index is 12.6. The van der Waals surface area contributed by atoms with Crippen molar-refractivity contribution in [2.75, 3.05) is 43.0 Å². The van der Waals surface area contributed by atoms with Crippen molar-refractivity contribution in [3.05, 3.63) is 34.8 Å². The molecule has 0 bridgehead atoms. The van der Waals surface area contributed by atoms with E-state index in [1.54, 1.807) is 11.3 Å². The molecule has 2 aromatic rings. The molecule has 30 heavy (non-hydrogen) atoms. The minimum absolute atomic E-state index is 0.0630. The van der Waals surface area contributed by atoms with Gasteiger partial charge in [0, 0.05) is 50.1 Å². The van der Waals surface area contributed by atoms with E-state index in [1.807, 2.05) is 30.0 Å². The second-order valence-electron chi connectivity index (χ2n) is 7.81. The molecule has 160 valence electrons. The molecule has 0 spiro atoms. The van der Waals surface area contributed by atoms with E-state index in [2.05, 4.69) is 20.6 Å². The van der Waals surface area contributed by atoms with Gasteiger partial charge in [0.2, 0.25) is 11.8 Å². The van der Waals surface area contributed by atoms with Gasteiger partial charge in [0.15, 0.2) is 5.13 Å². The van der Waals surface area contributed by atoms with Crippen molar-refractivity contribution in [3.8, 4) is 5.75 Å². The Bertz CT molecular complexity index is 914. The third-order valence-electron chi connectivity index (χ3n) is 5.50. The van der Waals surface area contributed by atoms with E-state index in [0.717, 1.165) is 66.8 Å². The first-order valence-electron chi connectivity index (χ1n) is 10.6. The Kier molecular flexibility index (Phi) is 6.52. The van der Waals surface area contributed by atoms with E-state index in [1.165, 1.54) is 0 Å². The topological polar surface area (TPSA) is 74.8 Å². The number of aromatic nitrogens is 1. The van der Waals surface area contributed by atoms with Crippen molar-refractivity contribution < 1.29 is 14.3 Å². The van der Waals surface area contributed by atoms with Crippen LogP contribution in [0.2, 0.25) is 0 Å². The Balaban J connectivity index is 1.20. The van der Waals surface area contributed by atoms with Crippen LogP contribution in [-0.2, 0) is 16.0 Å². The molecule has 2 amide bonds. The second kappa shape index (κ2) is 9.47. The fourth-order valence-corrected chi connectivity index (χ4v) is 4.72. The van der Waals surface area contributed by atoms with Crippen LogP contribution < -0.4 is 15.0 Å².